The van der Waals surface area contributed by atoms with Crippen LogP contribution in [0.15, 0.2) is 0 Å². The average molecular weight is 120 g/mol. The molecule has 1 N–H and O–H groups in total. The summed E-state index contributed by atoms with van der Waals surface area (Å²) < 4.78 is 9.14. The maximum Gasteiger partial charge on any atom is 0.430 e. The molecule has 0 saturated heterocycles. The van der Waals surface area contributed by atoms with Crippen LogP contribution in [0.5, 0.6) is 0 Å². The molecule has 2 radical (unpaired) electrons. The summed E-state index contributed by atoms with van der Waals surface area (Å²) in [7, 11) is 1.17. The van der Waals surface area contributed by atoms with Crippen LogP contribution in [-0.2, 0) is 9.16 Å². The topological polar surface area (TPSA) is 38.7 Å². The number of ether oxygens (including phenoxy) is 1. The molecule has 4 heteroatoms. The fraction of sp³-hybridized carbons (Fsp3) is 1.00. The van der Waals surface area contributed by atoms with Crippen molar-refractivity contribution in [3.63, 3.8) is 0 Å². The molecule has 0 aliphatic rings. The second-order valence-electron chi connectivity index (χ2n) is 0.933. The second kappa shape index (κ2) is 6.10. The molecular weight excluding hydrogens is 112 g/mol. The van der Waals surface area contributed by atoms with Crippen molar-refractivity contribution in [2.75, 3.05) is 20.3 Å². The van der Waals surface area contributed by atoms with Gasteiger partial charge in [-0.3, -0.25) is 0 Å². The van der Waals surface area contributed by atoms with E-state index in [2.05, 4.69) is 9.16 Å². The summed E-state index contributed by atoms with van der Waals surface area (Å²) in [6.45, 7) is 1.03. The first-order valence-electron chi connectivity index (χ1n) is 1.91. The van der Waals surface area contributed by atoms with Crippen LogP contribution in [0.2, 0.25) is 0 Å². The van der Waals surface area contributed by atoms with Gasteiger partial charge in [-0.05, 0) is 0 Å². The standard InChI is InChI=1S/C3H8O3Si/c1-5-2-3-6-7-4/h4H,2-3H2,1H3. The summed E-state index contributed by atoms with van der Waals surface area (Å²) in [5, 5.41) is 0. The predicted molar refractivity (Wildman–Crippen MR) is 25.8 cm³/mol. The van der Waals surface area contributed by atoms with Crippen LogP contribution >= 0.6 is 0 Å². The smallest absolute Gasteiger partial charge is 0.409 e. The third-order valence-electron chi connectivity index (χ3n) is 0.454. The van der Waals surface area contributed by atoms with Gasteiger partial charge in [0.15, 0.2) is 0 Å². The van der Waals surface area contributed by atoms with Crippen LogP contribution < -0.4 is 0 Å². The molecule has 0 saturated carbocycles. The van der Waals surface area contributed by atoms with Crippen molar-refractivity contribution >= 4 is 10.0 Å². The van der Waals surface area contributed by atoms with Crippen molar-refractivity contribution in [3.8, 4) is 0 Å². The molecule has 0 spiro atoms. The molecule has 0 rings (SSSR count). The summed E-state index contributed by atoms with van der Waals surface area (Å²) in [6.07, 6.45) is 0. The molecule has 0 aromatic heterocycles. The van der Waals surface area contributed by atoms with Gasteiger partial charge in [0, 0.05) is 7.11 Å². The average Bonchev–Trinajstić information content (AvgIpc) is 1.69. The molecule has 0 heterocycles. The lowest BCUT2D eigenvalue weighted by Gasteiger charge is -1.93. The van der Waals surface area contributed by atoms with E-state index in [9.17, 15) is 0 Å². The molecule has 0 bridgehead atoms. The van der Waals surface area contributed by atoms with Crippen LogP contribution in [0.1, 0.15) is 0 Å². The zero-order valence-electron chi connectivity index (χ0n) is 4.18. The molecule has 0 amide bonds. The van der Waals surface area contributed by atoms with Crippen molar-refractivity contribution in [2.45, 2.75) is 0 Å². The Morgan fingerprint density at radius 2 is 2.29 bits per heavy atom. The summed E-state index contributed by atoms with van der Waals surface area (Å²) in [5.74, 6) is 0. The van der Waals surface area contributed by atoms with Crippen LogP contribution in [0.4, 0.5) is 0 Å². The fourth-order valence-corrected chi connectivity index (χ4v) is 0.345. The van der Waals surface area contributed by atoms with Crippen LogP contribution in [0.3, 0.4) is 0 Å². The first-order chi connectivity index (χ1) is 3.41. The van der Waals surface area contributed by atoms with E-state index in [0.717, 1.165) is 0 Å². The number of rotatable bonds is 4. The Labute approximate surface area is 45.3 Å². The third-order valence-corrected chi connectivity index (χ3v) is 0.787. The van der Waals surface area contributed by atoms with Crippen LogP contribution in [-0.4, -0.2) is 35.1 Å². The lowest BCUT2D eigenvalue weighted by molar-refractivity contribution is 0.140. The highest BCUT2D eigenvalue weighted by Gasteiger charge is 1.82. The van der Waals surface area contributed by atoms with Crippen molar-refractivity contribution < 1.29 is 14.0 Å². The molecule has 0 aliphatic carbocycles. The van der Waals surface area contributed by atoms with Gasteiger partial charge in [-0.2, -0.15) is 0 Å². The monoisotopic (exact) mass is 120 g/mol. The Hall–Kier alpha value is 0.0969. The Morgan fingerprint density at radius 1 is 1.57 bits per heavy atom. The van der Waals surface area contributed by atoms with E-state index >= 15 is 0 Å². The van der Waals surface area contributed by atoms with E-state index in [1.807, 2.05) is 0 Å². The molecule has 42 valence electrons. The highest BCUT2D eigenvalue weighted by molar-refractivity contribution is 6.15. The van der Waals surface area contributed by atoms with Crippen molar-refractivity contribution in [2.24, 2.45) is 0 Å². The molecule has 0 unspecified atom stereocenters. The number of methoxy groups -OCH3 is 1. The summed E-state index contributed by atoms with van der Waals surface area (Å²) >= 11 is 0. The molecule has 3 nitrogen and oxygen atoms in total. The molecular formula is C3H8O3Si. The highest BCUT2D eigenvalue weighted by atomic mass is 28.2. The quantitative estimate of drug-likeness (QED) is 0.389. The minimum atomic E-state index is -0.412. The largest absolute Gasteiger partial charge is 0.430 e. The summed E-state index contributed by atoms with van der Waals surface area (Å²) in [5.41, 5.74) is 0. The van der Waals surface area contributed by atoms with Gasteiger partial charge in [-0.25, -0.2) is 0 Å². The Bertz CT molecular complexity index is 29.4. The lowest BCUT2D eigenvalue weighted by atomic mass is 10.8. The Morgan fingerprint density at radius 3 is 2.71 bits per heavy atom. The Balaban J connectivity index is 2.45. The first kappa shape index (κ1) is 7.10. The van der Waals surface area contributed by atoms with Gasteiger partial charge >= 0.3 is 10.0 Å². The lowest BCUT2D eigenvalue weighted by Crippen LogP contribution is -2.04. The molecule has 0 atom stereocenters. The SMILES string of the molecule is COCCO[Si]O. The molecule has 0 aromatic rings. The van der Waals surface area contributed by atoms with E-state index in [1.54, 1.807) is 7.11 Å². The number of hydrogen-bond acceptors (Lipinski definition) is 3. The molecule has 7 heavy (non-hydrogen) atoms. The number of hydrogen-bond donors (Lipinski definition) is 1. The maximum atomic E-state index is 8.04. The van der Waals surface area contributed by atoms with Gasteiger partial charge in [-0.1, -0.05) is 0 Å². The van der Waals surface area contributed by atoms with E-state index in [1.165, 1.54) is 0 Å². The maximum absolute atomic E-state index is 8.04. The van der Waals surface area contributed by atoms with Crippen LogP contribution in [0, 0.1) is 0 Å². The van der Waals surface area contributed by atoms with Crippen molar-refractivity contribution in [3.05, 3.63) is 0 Å². The van der Waals surface area contributed by atoms with Gasteiger partial charge in [-0.15, -0.1) is 0 Å². The van der Waals surface area contributed by atoms with E-state index < -0.39 is 10.0 Å². The summed E-state index contributed by atoms with van der Waals surface area (Å²) in [4.78, 5) is 8.04. The minimum absolute atomic E-state index is 0.412. The zero-order chi connectivity index (χ0) is 5.54. The van der Waals surface area contributed by atoms with Crippen molar-refractivity contribution in [1.29, 1.82) is 0 Å². The second-order valence-corrected chi connectivity index (χ2v) is 1.40. The highest BCUT2D eigenvalue weighted by Crippen LogP contribution is 1.67. The van der Waals surface area contributed by atoms with Crippen LogP contribution in [0.25, 0.3) is 0 Å². The van der Waals surface area contributed by atoms with E-state index in [4.69, 9.17) is 4.80 Å². The van der Waals surface area contributed by atoms with Crippen molar-refractivity contribution in [1.82, 2.24) is 0 Å². The molecule has 0 aliphatic heterocycles. The van der Waals surface area contributed by atoms with Gasteiger partial charge in [0.05, 0.1) is 13.2 Å². The predicted octanol–water partition coefficient (Wildman–Crippen LogP) is -0.824. The van der Waals surface area contributed by atoms with Gasteiger partial charge < -0.3 is 14.0 Å². The third kappa shape index (κ3) is 6.10. The van der Waals surface area contributed by atoms with Gasteiger partial charge in [0.25, 0.3) is 0 Å². The summed E-state index contributed by atoms with van der Waals surface area (Å²) in [6, 6.07) is 0. The molecule has 0 aromatic carbocycles. The first-order valence-corrected chi connectivity index (χ1v) is 2.77. The van der Waals surface area contributed by atoms with Gasteiger partial charge in [0.1, 0.15) is 0 Å². The normalized spacial score (nSPS) is 9.43. The van der Waals surface area contributed by atoms with E-state index in [0.29, 0.717) is 13.2 Å². The Kier molecular flexibility index (Phi) is 6.18. The van der Waals surface area contributed by atoms with E-state index in [-0.39, 0.29) is 0 Å². The zero-order valence-corrected chi connectivity index (χ0v) is 5.18. The fourth-order valence-electron chi connectivity index (χ4n) is 0.171. The van der Waals surface area contributed by atoms with Gasteiger partial charge in [0.2, 0.25) is 0 Å². The molecule has 0 fully saturated rings. The minimum Gasteiger partial charge on any atom is -0.409 e.